The van der Waals surface area contributed by atoms with Gasteiger partial charge >= 0.3 is 5.97 Å². The Balaban J connectivity index is 1.69. The lowest BCUT2D eigenvalue weighted by atomic mass is 10.0. The minimum Gasteiger partial charge on any atom is -0.469 e. The number of carbonyl (C=O) groups is 3. The van der Waals surface area contributed by atoms with Crippen LogP contribution in [-0.2, 0) is 9.53 Å². The van der Waals surface area contributed by atoms with Gasteiger partial charge in [-0.2, -0.15) is 0 Å². The van der Waals surface area contributed by atoms with E-state index in [0.717, 1.165) is 0 Å². The van der Waals surface area contributed by atoms with Crippen molar-refractivity contribution in [1.82, 2.24) is 5.32 Å². The van der Waals surface area contributed by atoms with Crippen molar-refractivity contribution in [3.8, 4) is 11.5 Å². The van der Waals surface area contributed by atoms with Crippen LogP contribution in [0.15, 0.2) is 72.8 Å². The van der Waals surface area contributed by atoms with Gasteiger partial charge in [-0.15, -0.1) is 0 Å². The first-order valence-corrected chi connectivity index (χ1v) is 9.66. The van der Waals surface area contributed by atoms with Crippen molar-refractivity contribution in [2.45, 2.75) is 12.5 Å². The Labute approximate surface area is 184 Å². The summed E-state index contributed by atoms with van der Waals surface area (Å²) in [4.78, 5) is 35.6. The second kappa shape index (κ2) is 10.2. The molecular formula is C24H21FN2O5. The Morgan fingerprint density at radius 2 is 1.41 bits per heavy atom. The van der Waals surface area contributed by atoms with Crippen molar-refractivity contribution < 1.29 is 28.2 Å². The quantitative estimate of drug-likeness (QED) is 0.523. The maximum atomic E-state index is 13.2. The number of nitrogens with two attached hydrogens (primary N) is 1. The van der Waals surface area contributed by atoms with E-state index in [-0.39, 0.29) is 6.42 Å². The first-order valence-electron chi connectivity index (χ1n) is 9.66. The highest BCUT2D eigenvalue weighted by atomic mass is 19.1. The SMILES string of the molecule is COC(=O)CC(NC(=O)c1ccc(Oc2ccc(C(N)=O)cc2)cc1)c1ccc(F)cc1. The predicted octanol–water partition coefficient (Wildman–Crippen LogP) is 3.75. The molecule has 0 aliphatic carbocycles. The number of methoxy groups -OCH3 is 1. The van der Waals surface area contributed by atoms with Crippen LogP contribution in [0.1, 0.15) is 38.7 Å². The van der Waals surface area contributed by atoms with E-state index in [1.165, 1.54) is 31.4 Å². The van der Waals surface area contributed by atoms with Crippen LogP contribution >= 0.6 is 0 Å². The summed E-state index contributed by atoms with van der Waals surface area (Å²) in [7, 11) is 1.26. The van der Waals surface area contributed by atoms with E-state index < -0.39 is 29.6 Å². The van der Waals surface area contributed by atoms with Gasteiger partial charge in [-0.05, 0) is 66.2 Å². The van der Waals surface area contributed by atoms with Gasteiger partial charge in [0, 0.05) is 11.1 Å². The third-order valence-corrected chi connectivity index (χ3v) is 4.67. The van der Waals surface area contributed by atoms with Crippen molar-refractivity contribution in [2.24, 2.45) is 5.73 Å². The highest BCUT2D eigenvalue weighted by Gasteiger charge is 2.20. The van der Waals surface area contributed by atoms with Gasteiger partial charge in [-0.1, -0.05) is 12.1 Å². The van der Waals surface area contributed by atoms with Gasteiger partial charge in [0.1, 0.15) is 17.3 Å². The first kappa shape index (κ1) is 22.5. The molecule has 3 N–H and O–H groups in total. The topological polar surface area (TPSA) is 108 Å². The van der Waals surface area contributed by atoms with Crippen LogP contribution in [-0.4, -0.2) is 24.9 Å². The van der Waals surface area contributed by atoms with Crippen LogP contribution in [0.5, 0.6) is 11.5 Å². The smallest absolute Gasteiger partial charge is 0.307 e. The molecule has 32 heavy (non-hydrogen) atoms. The lowest BCUT2D eigenvalue weighted by Gasteiger charge is -2.18. The van der Waals surface area contributed by atoms with Gasteiger partial charge in [0.05, 0.1) is 19.6 Å². The molecule has 0 heterocycles. The number of hydrogen-bond donors (Lipinski definition) is 2. The summed E-state index contributed by atoms with van der Waals surface area (Å²) in [6.45, 7) is 0. The van der Waals surface area contributed by atoms with E-state index >= 15 is 0 Å². The monoisotopic (exact) mass is 436 g/mol. The number of benzene rings is 3. The van der Waals surface area contributed by atoms with Crippen molar-refractivity contribution in [3.05, 3.63) is 95.3 Å². The maximum absolute atomic E-state index is 13.2. The number of esters is 1. The summed E-state index contributed by atoms with van der Waals surface area (Å²) >= 11 is 0. The zero-order chi connectivity index (χ0) is 23.1. The summed E-state index contributed by atoms with van der Waals surface area (Å²) in [5.41, 5.74) is 6.50. The Hall–Kier alpha value is -4.20. The standard InChI is InChI=1S/C24H21FN2O5/c1-31-22(28)14-21(15-2-8-18(25)9-3-15)27-24(30)17-6-12-20(13-7-17)32-19-10-4-16(5-11-19)23(26)29/h2-13,21H,14H2,1H3,(H2,26,29)(H,27,30). The zero-order valence-electron chi connectivity index (χ0n) is 17.2. The first-order chi connectivity index (χ1) is 15.4. The fourth-order valence-electron chi connectivity index (χ4n) is 2.94. The maximum Gasteiger partial charge on any atom is 0.307 e. The largest absolute Gasteiger partial charge is 0.469 e. The Kier molecular flexibility index (Phi) is 7.17. The van der Waals surface area contributed by atoms with E-state index in [2.05, 4.69) is 5.32 Å². The minimum absolute atomic E-state index is 0.101. The number of carbonyl (C=O) groups excluding carboxylic acids is 3. The van der Waals surface area contributed by atoms with Crippen LogP contribution in [0, 0.1) is 5.82 Å². The lowest BCUT2D eigenvalue weighted by Crippen LogP contribution is -2.30. The molecule has 0 aliphatic rings. The Bertz CT molecular complexity index is 1100. The molecule has 0 aliphatic heterocycles. The number of ether oxygens (including phenoxy) is 2. The molecule has 7 nitrogen and oxygen atoms in total. The van der Waals surface area contributed by atoms with Crippen molar-refractivity contribution in [1.29, 1.82) is 0 Å². The molecule has 0 bridgehead atoms. The number of nitrogens with one attached hydrogen (secondary N) is 1. The van der Waals surface area contributed by atoms with Crippen LogP contribution < -0.4 is 15.8 Å². The van der Waals surface area contributed by atoms with Gasteiger partial charge in [0.2, 0.25) is 5.91 Å². The van der Waals surface area contributed by atoms with Crippen LogP contribution in [0.4, 0.5) is 4.39 Å². The predicted molar refractivity (Wildman–Crippen MR) is 115 cm³/mol. The third kappa shape index (κ3) is 5.91. The van der Waals surface area contributed by atoms with Gasteiger partial charge in [-0.3, -0.25) is 14.4 Å². The summed E-state index contributed by atoms with van der Waals surface area (Å²) < 4.78 is 23.6. The van der Waals surface area contributed by atoms with Crippen LogP contribution in [0.3, 0.4) is 0 Å². The molecule has 164 valence electrons. The zero-order valence-corrected chi connectivity index (χ0v) is 17.2. The summed E-state index contributed by atoms with van der Waals surface area (Å²) in [6.07, 6.45) is -0.101. The van der Waals surface area contributed by atoms with E-state index in [1.807, 2.05) is 0 Å². The number of halogens is 1. The Morgan fingerprint density at radius 1 is 0.875 bits per heavy atom. The van der Waals surface area contributed by atoms with E-state index in [4.69, 9.17) is 15.2 Å². The highest BCUT2D eigenvalue weighted by Crippen LogP contribution is 2.23. The molecule has 0 radical (unpaired) electrons. The number of hydrogen-bond acceptors (Lipinski definition) is 5. The fraction of sp³-hybridized carbons (Fsp3) is 0.125. The third-order valence-electron chi connectivity index (χ3n) is 4.67. The molecule has 0 fully saturated rings. The summed E-state index contributed by atoms with van der Waals surface area (Å²) in [5, 5.41) is 2.77. The molecule has 3 rings (SSSR count). The molecule has 0 spiro atoms. The molecule has 3 aromatic carbocycles. The summed E-state index contributed by atoms with van der Waals surface area (Å²) in [5.74, 6) is -0.888. The number of primary amides is 1. The molecule has 2 amide bonds. The number of rotatable bonds is 8. The molecule has 0 aromatic heterocycles. The molecule has 0 saturated heterocycles. The van der Waals surface area contributed by atoms with Crippen molar-refractivity contribution in [3.63, 3.8) is 0 Å². The molecule has 8 heteroatoms. The lowest BCUT2D eigenvalue weighted by molar-refractivity contribution is -0.141. The number of amides is 2. The van der Waals surface area contributed by atoms with Crippen molar-refractivity contribution in [2.75, 3.05) is 7.11 Å². The van der Waals surface area contributed by atoms with Gasteiger partial charge < -0.3 is 20.5 Å². The van der Waals surface area contributed by atoms with Gasteiger partial charge in [0.25, 0.3) is 5.91 Å². The molecule has 3 aromatic rings. The molecular weight excluding hydrogens is 415 g/mol. The average Bonchev–Trinajstić information content (AvgIpc) is 2.79. The van der Waals surface area contributed by atoms with Crippen LogP contribution in [0.25, 0.3) is 0 Å². The molecule has 0 saturated carbocycles. The second-order valence-electron chi connectivity index (χ2n) is 6.87. The van der Waals surface area contributed by atoms with Gasteiger partial charge in [0.15, 0.2) is 0 Å². The fourth-order valence-corrected chi connectivity index (χ4v) is 2.94. The normalized spacial score (nSPS) is 11.3. The molecule has 1 unspecified atom stereocenters. The van der Waals surface area contributed by atoms with E-state index in [0.29, 0.717) is 28.2 Å². The Morgan fingerprint density at radius 3 is 1.91 bits per heavy atom. The molecule has 1 atom stereocenters. The highest BCUT2D eigenvalue weighted by molar-refractivity contribution is 5.95. The van der Waals surface area contributed by atoms with E-state index in [9.17, 15) is 18.8 Å². The van der Waals surface area contributed by atoms with E-state index in [1.54, 1.807) is 48.5 Å². The van der Waals surface area contributed by atoms with Gasteiger partial charge in [-0.25, -0.2) is 4.39 Å². The van der Waals surface area contributed by atoms with Crippen LogP contribution in [0.2, 0.25) is 0 Å². The average molecular weight is 436 g/mol. The van der Waals surface area contributed by atoms with Crippen molar-refractivity contribution >= 4 is 17.8 Å². The second-order valence-corrected chi connectivity index (χ2v) is 6.87. The summed E-state index contributed by atoms with van der Waals surface area (Å²) in [6, 6.07) is 17.5. The minimum atomic E-state index is -0.685.